The van der Waals surface area contributed by atoms with Crippen molar-refractivity contribution >= 4 is 5.97 Å². The SMILES string of the molecule is Cn1cc(C2(O)CC(C(=O)O)C2)cn1. The number of carboxylic acid groups (broad SMARTS) is 1. The van der Waals surface area contributed by atoms with Gasteiger partial charge in [0.15, 0.2) is 0 Å². The molecule has 1 saturated carbocycles. The van der Waals surface area contributed by atoms with Crippen molar-refractivity contribution in [3.05, 3.63) is 18.0 Å². The third-order valence-electron chi connectivity index (χ3n) is 2.76. The van der Waals surface area contributed by atoms with Gasteiger partial charge in [-0.3, -0.25) is 9.48 Å². The first-order valence-electron chi connectivity index (χ1n) is 4.45. The molecule has 0 saturated heterocycles. The van der Waals surface area contributed by atoms with Gasteiger partial charge in [0.25, 0.3) is 0 Å². The maximum Gasteiger partial charge on any atom is 0.306 e. The zero-order valence-corrected chi connectivity index (χ0v) is 7.84. The Hall–Kier alpha value is -1.36. The van der Waals surface area contributed by atoms with E-state index in [9.17, 15) is 9.90 Å². The number of hydrogen-bond donors (Lipinski definition) is 2. The molecule has 1 fully saturated rings. The summed E-state index contributed by atoms with van der Waals surface area (Å²) < 4.78 is 1.60. The van der Waals surface area contributed by atoms with Crippen LogP contribution in [0.4, 0.5) is 0 Å². The van der Waals surface area contributed by atoms with Crippen LogP contribution >= 0.6 is 0 Å². The molecule has 1 heterocycles. The summed E-state index contributed by atoms with van der Waals surface area (Å²) in [4.78, 5) is 10.6. The smallest absolute Gasteiger partial charge is 0.306 e. The number of hydrogen-bond acceptors (Lipinski definition) is 3. The van der Waals surface area contributed by atoms with Crippen molar-refractivity contribution in [3.8, 4) is 0 Å². The van der Waals surface area contributed by atoms with Crippen molar-refractivity contribution in [1.82, 2.24) is 9.78 Å². The van der Waals surface area contributed by atoms with Crippen LogP contribution in [0.25, 0.3) is 0 Å². The summed E-state index contributed by atoms with van der Waals surface area (Å²) in [5, 5.41) is 22.6. The summed E-state index contributed by atoms with van der Waals surface area (Å²) in [5.74, 6) is -1.25. The minimum atomic E-state index is -0.975. The first-order valence-corrected chi connectivity index (χ1v) is 4.45. The molecule has 0 aromatic carbocycles. The summed E-state index contributed by atoms with van der Waals surface area (Å²) in [7, 11) is 1.76. The van der Waals surface area contributed by atoms with Crippen LogP contribution in [0.3, 0.4) is 0 Å². The third-order valence-corrected chi connectivity index (χ3v) is 2.76. The Morgan fingerprint density at radius 1 is 1.71 bits per heavy atom. The van der Waals surface area contributed by atoms with E-state index < -0.39 is 17.5 Å². The molecule has 0 atom stereocenters. The average Bonchev–Trinajstić information content (AvgIpc) is 2.45. The van der Waals surface area contributed by atoms with Crippen molar-refractivity contribution < 1.29 is 15.0 Å². The van der Waals surface area contributed by atoms with Gasteiger partial charge in [-0.05, 0) is 12.8 Å². The summed E-state index contributed by atoms with van der Waals surface area (Å²) in [6.45, 7) is 0. The molecule has 5 nitrogen and oxygen atoms in total. The molecule has 0 spiro atoms. The van der Waals surface area contributed by atoms with Crippen LogP contribution in [0.15, 0.2) is 12.4 Å². The van der Waals surface area contributed by atoms with Gasteiger partial charge in [-0.1, -0.05) is 0 Å². The Labute approximate surface area is 81.0 Å². The van der Waals surface area contributed by atoms with Gasteiger partial charge in [0.1, 0.15) is 0 Å². The lowest BCUT2D eigenvalue weighted by Crippen LogP contribution is -2.44. The number of rotatable bonds is 2. The van der Waals surface area contributed by atoms with Crippen LogP contribution in [0.1, 0.15) is 18.4 Å². The second-order valence-corrected chi connectivity index (χ2v) is 3.88. The number of aliphatic hydroxyl groups is 1. The highest BCUT2D eigenvalue weighted by atomic mass is 16.4. The van der Waals surface area contributed by atoms with Crippen LogP contribution in [0, 0.1) is 5.92 Å². The van der Waals surface area contributed by atoms with Crippen LogP contribution in [0.2, 0.25) is 0 Å². The van der Waals surface area contributed by atoms with Crippen LogP contribution in [-0.4, -0.2) is 26.0 Å². The van der Waals surface area contributed by atoms with Crippen LogP contribution in [-0.2, 0) is 17.4 Å². The summed E-state index contributed by atoms with van der Waals surface area (Å²) in [6, 6.07) is 0. The minimum Gasteiger partial charge on any atom is -0.481 e. The van der Waals surface area contributed by atoms with Crippen molar-refractivity contribution in [3.63, 3.8) is 0 Å². The summed E-state index contributed by atoms with van der Waals surface area (Å²) in [6.07, 6.45) is 3.87. The molecule has 2 N–H and O–H groups in total. The van der Waals surface area contributed by atoms with E-state index in [4.69, 9.17) is 5.11 Å². The van der Waals surface area contributed by atoms with E-state index in [1.54, 1.807) is 24.1 Å². The Bertz CT molecular complexity index is 366. The molecule has 0 aliphatic heterocycles. The van der Waals surface area contributed by atoms with Crippen LogP contribution in [0.5, 0.6) is 0 Å². The van der Waals surface area contributed by atoms with E-state index >= 15 is 0 Å². The Balaban J connectivity index is 2.11. The second kappa shape index (κ2) is 2.81. The van der Waals surface area contributed by atoms with Gasteiger partial charge in [0.05, 0.1) is 17.7 Å². The van der Waals surface area contributed by atoms with E-state index in [0.29, 0.717) is 5.56 Å². The van der Waals surface area contributed by atoms with Gasteiger partial charge in [-0.15, -0.1) is 0 Å². The van der Waals surface area contributed by atoms with Gasteiger partial charge in [-0.25, -0.2) is 0 Å². The zero-order valence-electron chi connectivity index (χ0n) is 7.84. The Morgan fingerprint density at radius 2 is 2.36 bits per heavy atom. The molecule has 1 aromatic heterocycles. The van der Waals surface area contributed by atoms with E-state index in [1.165, 1.54) is 0 Å². The molecule has 0 amide bonds. The molecule has 0 radical (unpaired) electrons. The fourth-order valence-electron chi connectivity index (χ4n) is 1.83. The molecule has 1 aliphatic rings. The van der Waals surface area contributed by atoms with E-state index in [-0.39, 0.29) is 12.8 Å². The Morgan fingerprint density at radius 3 is 2.79 bits per heavy atom. The first kappa shape index (κ1) is 9.21. The summed E-state index contributed by atoms with van der Waals surface area (Å²) in [5.41, 5.74) is -0.269. The number of aromatic nitrogens is 2. The van der Waals surface area contributed by atoms with E-state index in [1.807, 2.05) is 0 Å². The minimum absolute atomic E-state index is 0.286. The lowest BCUT2D eigenvalue weighted by atomic mass is 9.68. The molecular formula is C9H12N2O3. The Kier molecular flexibility index (Phi) is 1.85. The molecule has 5 heteroatoms. The highest BCUT2D eigenvalue weighted by molar-refractivity contribution is 5.71. The number of aliphatic carboxylic acids is 1. The largest absolute Gasteiger partial charge is 0.481 e. The van der Waals surface area contributed by atoms with Crippen molar-refractivity contribution in [2.24, 2.45) is 13.0 Å². The van der Waals surface area contributed by atoms with Crippen molar-refractivity contribution in [1.29, 1.82) is 0 Å². The second-order valence-electron chi connectivity index (χ2n) is 3.88. The van der Waals surface area contributed by atoms with E-state index in [0.717, 1.165) is 0 Å². The normalized spacial score (nSPS) is 31.1. The number of carbonyl (C=O) groups is 1. The zero-order chi connectivity index (χ0) is 10.3. The predicted molar refractivity (Wildman–Crippen MR) is 47.5 cm³/mol. The average molecular weight is 196 g/mol. The predicted octanol–water partition coefficient (Wildman–Crippen LogP) is 0.102. The number of carboxylic acids is 1. The van der Waals surface area contributed by atoms with Gasteiger partial charge in [0, 0.05) is 18.8 Å². The molecule has 1 aliphatic carbocycles. The molecular weight excluding hydrogens is 184 g/mol. The fourth-order valence-corrected chi connectivity index (χ4v) is 1.83. The summed E-state index contributed by atoms with van der Waals surface area (Å²) >= 11 is 0. The van der Waals surface area contributed by atoms with Gasteiger partial charge in [-0.2, -0.15) is 5.10 Å². The molecule has 0 unspecified atom stereocenters. The van der Waals surface area contributed by atoms with Gasteiger partial charge in [0.2, 0.25) is 0 Å². The van der Waals surface area contributed by atoms with Gasteiger partial charge < -0.3 is 10.2 Å². The number of nitrogens with zero attached hydrogens (tertiary/aromatic N) is 2. The maximum absolute atomic E-state index is 10.6. The molecule has 2 rings (SSSR count). The molecule has 0 bridgehead atoms. The van der Waals surface area contributed by atoms with Crippen molar-refractivity contribution in [2.45, 2.75) is 18.4 Å². The van der Waals surface area contributed by atoms with Crippen molar-refractivity contribution in [2.75, 3.05) is 0 Å². The lowest BCUT2D eigenvalue weighted by molar-refractivity contribution is -0.159. The maximum atomic E-state index is 10.6. The number of aryl methyl sites for hydroxylation is 1. The van der Waals surface area contributed by atoms with Crippen LogP contribution < -0.4 is 0 Å². The molecule has 1 aromatic rings. The van der Waals surface area contributed by atoms with E-state index in [2.05, 4.69) is 5.10 Å². The topological polar surface area (TPSA) is 75.4 Å². The third kappa shape index (κ3) is 1.29. The molecule has 76 valence electrons. The van der Waals surface area contributed by atoms with Gasteiger partial charge >= 0.3 is 5.97 Å². The standard InChI is InChI=1S/C9H12N2O3/c1-11-5-7(4-10-11)9(14)2-6(3-9)8(12)13/h4-6,14H,2-3H2,1H3,(H,12,13). The quantitative estimate of drug-likeness (QED) is 0.703. The fraction of sp³-hybridized carbons (Fsp3) is 0.556. The monoisotopic (exact) mass is 196 g/mol. The first-order chi connectivity index (χ1) is 6.51. The lowest BCUT2D eigenvalue weighted by Gasteiger charge is -2.40. The highest BCUT2D eigenvalue weighted by Gasteiger charge is 2.48. The highest BCUT2D eigenvalue weighted by Crippen LogP contribution is 2.45. The molecule has 14 heavy (non-hydrogen) atoms.